The Labute approximate surface area is 217 Å². The van der Waals surface area contributed by atoms with Crippen molar-refractivity contribution in [3.05, 3.63) is 62.8 Å². The van der Waals surface area contributed by atoms with Gasteiger partial charge in [0.05, 0.1) is 52.6 Å². The van der Waals surface area contributed by atoms with Crippen molar-refractivity contribution >= 4 is 27.0 Å². The zero-order valence-corrected chi connectivity index (χ0v) is 21.3. The van der Waals surface area contributed by atoms with Gasteiger partial charge in [-0.15, -0.1) is 10.2 Å². The SMILES string of the molecule is C1CCN(C2COC2)CC1.O=c1[nH]c2cc(Br)c(F)cc2n1Cc1ccc(-c2nnc(C(F)F)o2)cn1. The van der Waals surface area contributed by atoms with E-state index < -0.39 is 23.8 Å². The lowest BCUT2D eigenvalue weighted by Gasteiger charge is -2.39. The average molecular weight is 581 g/mol. The quantitative estimate of drug-likeness (QED) is 0.370. The van der Waals surface area contributed by atoms with Crippen LogP contribution < -0.4 is 5.69 Å². The van der Waals surface area contributed by atoms with Gasteiger partial charge >= 0.3 is 12.1 Å². The monoisotopic (exact) mass is 580 g/mol. The van der Waals surface area contributed by atoms with E-state index in [4.69, 9.17) is 9.15 Å². The van der Waals surface area contributed by atoms with Crippen molar-refractivity contribution in [3.63, 3.8) is 0 Å². The van der Waals surface area contributed by atoms with E-state index in [2.05, 4.69) is 41.0 Å². The van der Waals surface area contributed by atoms with Crippen LogP contribution >= 0.6 is 15.9 Å². The van der Waals surface area contributed by atoms with Gasteiger partial charge in [0.25, 0.3) is 5.89 Å². The van der Waals surface area contributed by atoms with Crippen LogP contribution in [-0.2, 0) is 11.3 Å². The number of aromatic amines is 1. The number of nitrogens with zero attached hydrogens (tertiary/aromatic N) is 5. The molecule has 5 heterocycles. The molecule has 6 rings (SSSR count). The molecule has 0 radical (unpaired) electrons. The number of benzene rings is 1. The summed E-state index contributed by atoms with van der Waals surface area (Å²) in [6, 6.07) is 6.65. The standard InChI is InChI=1S/C16H9BrF3N5O2.C8H15NO/c17-9-3-11-12(4-10(9)18)25(16(26)22-11)6-8-2-1-7(5-21-8)14-23-24-15(27-14)13(19)20;1-2-4-9(5-3-1)8-6-10-7-8/h1-5,13H,6H2,(H,22,26);8H,1-7H2. The molecule has 1 N–H and O–H groups in total. The molecule has 2 fully saturated rings. The van der Waals surface area contributed by atoms with E-state index in [1.165, 1.54) is 55.2 Å². The Morgan fingerprint density at radius 1 is 1.14 bits per heavy atom. The van der Waals surface area contributed by atoms with Crippen LogP contribution in [0.4, 0.5) is 13.2 Å². The molecule has 196 valence electrons. The van der Waals surface area contributed by atoms with E-state index in [0.29, 0.717) is 22.3 Å². The lowest BCUT2D eigenvalue weighted by Crippen LogP contribution is -2.50. The largest absolute Gasteiger partial charge is 0.415 e. The Kier molecular flexibility index (Phi) is 7.72. The fourth-order valence-corrected chi connectivity index (χ4v) is 4.62. The van der Waals surface area contributed by atoms with Crippen molar-refractivity contribution in [1.29, 1.82) is 0 Å². The molecule has 1 aromatic carbocycles. The van der Waals surface area contributed by atoms with Crippen molar-refractivity contribution in [1.82, 2.24) is 29.6 Å². The number of fused-ring (bicyclic) bond motifs is 1. The van der Waals surface area contributed by atoms with E-state index in [9.17, 15) is 18.0 Å². The second-order valence-corrected chi connectivity index (χ2v) is 9.73. The van der Waals surface area contributed by atoms with Gasteiger partial charge in [0.1, 0.15) is 5.82 Å². The van der Waals surface area contributed by atoms with Gasteiger partial charge in [-0.05, 0) is 60.1 Å². The predicted octanol–water partition coefficient (Wildman–Crippen LogP) is 4.53. The normalized spacial score (nSPS) is 16.6. The van der Waals surface area contributed by atoms with Crippen LogP contribution in [0.3, 0.4) is 0 Å². The zero-order chi connectivity index (χ0) is 25.9. The summed E-state index contributed by atoms with van der Waals surface area (Å²) in [4.78, 5) is 21.6. The summed E-state index contributed by atoms with van der Waals surface area (Å²) in [5.74, 6) is -1.35. The highest BCUT2D eigenvalue weighted by Gasteiger charge is 2.26. The molecule has 0 unspecified atom stereocenters. The van der Waals surface area contributed by atoms with Gasteiger partial charge in [-0.25, -0.2) is 9.18 Å². The Bertz CT molecular complexity index is 1410. The first-order valence-corrected chi connectivity index (χ1v) is 12.6. The van der Waals surface area contributed by atoms with Crippen molar-refractivity contribution in [2.45, 2.75) is 38.3 Å². The molecule has 0 saturated carbocycles. The zero-order valence-electron chi connectivity index (χ0n) is 19.7. The number of pyridine rings is 1. The summed E-state index contributed by atoms with van der Waals surface area (Å²) in [6.07, 6.45) is 2.75. The number of ether oxygens (including phenoxy) is 1. The first kappa shape index (κ1) is 25.6. The number of halogens is 4. The fraction of sp³-hybridized carbons (Fsp3) is 0.417. The van der Waals surface area contributed by atoms with Crippen molar-refractivity contribution in [2.75, 3.05) is 26.3 Å². The molecule has 2 saturated heterocycles. The van der Waals surface area contributed by atoms with Crippen LogP contribution in [0.2, 0.25) is 0 Å². The lowest BCUT2D eigenvalue weighted by atomic mass is 10.1. The van der Waals surface area contributed by atoms with Crippen LogP contribution in [0.1, 0.15) is 37.3 Å². The number of likely N-dealkylation sites (tertiary alicyclic amines) is 1. The van der Waals surface area contributed by atoms with Crippen LogP contribution in [0, 0.1) is 5.82 Å². The number of rotatable bonds is 5. The summed E-state index contributed by atoms with van der Waals surface area (Å²) >= 11 is 3.07. The molecule has 0 aliphatic carbocycles. The van der Waals surface area contributed by atoms with Gasteiger partial charge in [-0.2, -0.15) is 8.78 Å². The average Bonchev–Trinajstić information content (AvgIpc) is 3.46. The van der Waals surface area contributed by atoms with Crippen LogP contribution in [0.25, 0.3) is 22.5 Å². The Morgan fingerprint density at radius 2 is 1.92 bits per heavy atom. The number of imidazole rings is 1. The third-order valence-corrected chi connectivity index (χ3v) is 6.97. The second-order valence-electron chi connectivity index (χ2n) is 8.87. The molecular weight excluding hydrogens is 557 g/mol. The van der Waals surface area contributed by atoms with E-state index >= 15 is 0 Å². The van der Waals surface area contributed by atoms with E-state index in [0.717, 1.165) is 19.3 Å². The van der Waals surface area contributed by atoms with Gasteiger partial charge in [-0.1, -0.05) is 6.42 Å². The summed E-state index contributed by atoms with van der Waals surface area (Å²) in [5, 5.41) is 6.80. The molecule has 2 aliphatic rings. The van der Waals surface area contributed by atoms with Gasteiger partial charge in [0.2, 0.25) is 5.89 Å². The molecular formula is C24H24BrF3N6O3. The molecule has 4 aromatic rings. The first-order chi connectivity index (χ1) is 17.9. The number of nitrogens with one attached hydrogen (secondary N) is 1. The number of alkyl halides is 2. The van der Waals surface area contributed by atoms with Crippen LogP contribution in [-0.4, -0.2) is 62.0 Å². The summed E-state index contributed by atoms with van der Waals surface area (Å²) in [7, 11) is 0. The third kappa shape index (κ3) is 5.78. The minimum absolute atomic E-state index is 0.0828. The fourth-order valence-electron chi connectivity index (χ4n) is 4.27. The maximum atomic E-state index is 13.8. The number of piperidine rings is 1. The molecule has 9 nitrogen and oxygen atoms in total. The molecule has 37 heavy (non-hydrogen) atoms. The lowest BCUT2D eigenvalue weighted by molar-refractivity contribution is -0.0698. The van der Waals surface area contributed by atoms with E-state index in [1.807, 2.05) is 0 Å². The molecule has 0 bridgehead atoms. The first-order valence-electron chi connectivity index (χ1n) is 11.9. The third-order valence-electron chi connectivity index (χ3n) is 6.36. The minimum Gasteiger partial charge on any atom is -0.415 e. The molecule has 0 amide bonds. The number of aromatic nitrogens is 5. The predicted molar refractivity (Wildman–Crippen MR) is 132 cm³/mol. The highest BCUT2D eigenvalue weighted by Crippen LogP contribution is 2.24. The molecule has 3 aromatic heterocycles. The number of hydrogen-bond acceptors (Lipinski definition) is 7. The Balaban J connectivity index is 0.000000233. The smallest absolute Gasteiger partial charge is 0.326 e. The van der Waals surface area contributed by atoms with Gasteiger partial charge in [-0.3, -0.25) is 14.5 Å². The summed E-state index contributed by atoms with van der Waals surface area (Å²) in [6.45, 7) is 4.69. The topological polar surface area (TPSA) is 102 Å². The molecule has 2 aliphatic heterocycles. The van der Waals surface area contributed by atoms with Gasteiger partial charge in [0.15, 0.2) is 0 Å². The van der Waals surface area contributed by atoms with Gasteiger partial charge in [0, 0.05) is 12.3 Å². The number of hydrogen-bond donors (Lipinski definition) is 1. The van der Waals surface area contributed by atoms with Crippen molar-refractivity contribution in [3.8, 4) is 11.5 Å². The number of H-pyrrole nitrogens is 1. The van der Waals surface area contributed by atoms with Crippen LogP contribution in [0.15, 0.2) is 44.1 Å². The highest BCUT2D eigenvalue weighted by atomic mass is 79.9. The maximum absolute atomic E-state index is 13.8. The van der Waals surface area contributed by atoms with Crippen molar-refractivity contribution < 1.29 is 22.3 Å². The molecule has 13 heteroatoms. The second kappa shape index (κ2) is 11.2. The van der Waals surface area contributed by atoms with E-state index in [1.54, 1.807) is 12.1 Å². The Hall–Kier alpha value is -3.03. The molecule has 0 atom stereocenters. The van der Waals surface area contributed by atoms with Crippen LogP contribution in [0.5, 0.6) is 0 Å². The highest BCUT2D eigenvalue weighted by molar-refractivity contribution is 9.10. The maximum Gasteiger partial charge on any atom is 0.326 e. The Morgan fingerprint density at radius 3 is 2.54 bits per heavy atom. The van der Waals surface area contributed by atoms with Gasteiger partial charge < -0.3 is 14.1 Å². The molecule has 0 spiro atoms. The van der Waals surface area contributed by atoms with E-state index in [-0.39, 0.29) is 16.9 Å². The summed E-state index contributed by atoms with van der Waals surface area (Å²) in [5.41, 5.74) is 1.32. The minimum atomic E-state index is -2.85. The van der Waals surface area contributed by atoms with Crippen molar-refractivity contribution in [2.24, 2.45) is 0 Å². The summed E-state index contributed by atoms with van der Waals surface area (Å²) < 4.78 is 50.4.